The van der Waals surface area contributed by atoms with Crippen LogP contribution in [0.25, 0.3) is 10.8 Å². The van der Waals surface area contributed by atoms with Crippen molar-refractivity contribution in [1.29, 1.82) is 0 Å². The second kappa shape index (κ2) is 3.18. The van der Waals surface area contributed by atoms with Crippen LogP contribution in [0.3, 0.4) is 0 Å². The van der Waals surface area contributed by atoms with Crippen molar-refractivity contribution < 1.29 is 8.42 Å². The first-order chi connectivity index (χ1) is 6.98. The molecule has 0 atom stereocenters. The zero-order valence-corrected chi connectivity index (χ0v) is 8.41. The summed E-state index contributed by atoms with van der Waals surface area (Å²) in [7, 11) is -3.76. The number of rotatable bonds is 1. The monoisotopic (exact) mass is 224 g/mol. The Morgan fingerprint density at radius 1 is 1.20 bits per heavy atom. The van der Waals surface area contributed by atoms with Gasteiger partial charge in [0.05, 0.1) is 4.90 Å². The van der Waals surface area contributed by atoms with Gasteiger partial charge in [-0.05, 0) is 23.6 Å². The van der Waals surface area contributed by atoms with Crippen LogP contribution in [0.4, 0.5) is 0 Å². The van der Waals surface area contributed by atoms with Crippen molar-refractivity contribution in [1.82, 2.24) is 4.98 Å². The maximum atomic E-state index is 11.4. The lowest BCUT2D eigenvalue weighted by Gasteiger charge is -2.00. The number of fused-ring (bicyclic) bond motifs is 1. The van der Waals surface area contributed by atoms with Crippen LogP contribution in [0.5, 0.6) is 0 Å². The number of benzene rings is 1. The molecule has 0 saturated heterocycles. The molecule has 6 heteroatoms. The molecule has 78 valence electrons. The van der Waals surface area contributed by atoms with Gasteiger partial charge in [-0.25, -0.2) is 13.6 Å². The fraction of sp³-hybridized carbons (Fsp3) is 0. The predicted octanol–water partition coefficient (Wildman–Crippen LogP) is 0.176. The number of primary sulfonamides is 1. The number of nitrogens with one attached hydrogen (secondary N) is 1. The first kappa shape index (κ1) is 9.88. The summed E-state index contributed by atoms with van der Waals surface area (Å²) >= 11 is 0. The van der Waals surface area contributed by atoms with Crippen LogP contribution >= 0.6 is 0 Å². The van der Waals surface area contributed by atoms with Crippen molar-refractivity contribution in [3.05, 3.63) is 40.8 Å². The first-order valence-electron chi connectivity index (χ1n) is 4.13. The molecule has 0 aliphatic carbocycles. The molecule has 1 heterocycles. The third kappa shape index (κ3) is 1.77. The first-order valence-corrected chi connectivity index (χ1v) is 5.67. The molecular formula is C9H8N2O3S. The SMILES string of the molecule is NS(=O)(=O)c1ccc2cc[nH]c(=O)c2c1. The minimum atomic E-state index is -3.76. The third-order valence-electron chi connectivity index (χ3n) is 2.08. The number of hydrogen-bond acceptors (Lipinski definition) is 3. The summed E-state index contributed by atoms with van der Waals surface area (Å²) in [5, 5.41) is 5.94. The van der Waals surface area contributed by atoms with Gasteiger partial charge >= 0.3 is 0 Å². The molecule has 0 amide bonds. The Balaban J connectivity index is 2.88. The molecule has 0 aliphatic rings. The van der Waals surface area contributed by atoms with Gasteiger partial charge in [0, 0.05) is 11.6 Å². The van der Waals surface area contributed by atoms with E-state index in [1.54, 1.807) is 12.1 Å². The van der Waals surface area contributed by atoms with Crippen molar-refractivity contribution in [2.75, 3.05) is 0 Å². The maximum absolute atomic E-state index is 11.4. The molecule has 1 aromatic heterocycles. The number of pyridine rings is 1. The molecule has 0 bridgehead atoms. The van der Waals surface area contributed by atoms with Crippen LogP contribution in [0.15, 0.2) is 40.2 Å². The highest BCUT2D eigenvalue weighted by Gasteiger charge is 2.08. The largest absolute Gasteiger partial charge is 0.329 e. The molecule has 15 heavy (non-hydrogen) atoms. The standard InChI is InChI=1S/C9H8N2O3S/c10-15(13,14)7-2-1-6-3-4-11-9(12)8(6)5-7/h1-5H,(H,11,12)(H2,10,13,14). The molecular weight excluding hydrogens is 216 g/mol. The van der Waals surface area contributed by atoms with Crippen LogP contribution in [-0.4, -0.2) is 13.4 Å². The Morgan fingerprint density at radius 3 is 2.60 bits per heavy atom. The van der Waals surface area contributed by atoms with E-state index >= 15 is 0 Å². The highest BCUT2D eigenvalue weighted by Crippen LogP contribution is 2.14. The van der Waals surface area contributed by atoms with Crippen molar-refractivity contribution in [2.24, 2.45) is 5.14 Å². The van der Waals surface area contributed by atoms with Gasteiger partial charge in [-0.1, -0.05) is 6.07 Å². The van der Waals surface area contributed by atoms with Gasteiger partial charge < -0.3 is 4.98 Å². The zero-order valence-electron chi connectivity index (χ0n) is 7.60. The Bertz CT molecular complexity index is 673. The molecule has 5 nitrogen and oxygen atoms in total. The van der Waals surface area contributed by atoms with Gasteiger partial charge in [-0.15, -0.1) is 0 Å². The minimum absolute atomic E-state index is 0.0632. The summed E-state index contributed by atoms with van der Waals surface area (Å²) in [6.07, 6.45) is 1.50. The fourth-order valence-corrected chi connectivity index (χ4v) is 1.88. The van der Waals surface area contributed by atoms with Gasteiger partial charge in [0.1, 0.15) is 0 Å². The number of nitrogens with two attached hydrogens (primary N) is 1. The number of sulfonamides is 1. The van der Waals surface area contributed by atoms with E-state index in [4.69, 9.17) is 5.14 Å². The average Bonchev–Trinajstić information content (AvgIpc) is 2.16. The maximum Gasteiger partial charge on any atom is 0.255 e. The molecule has 0 unspecified atom stereocenters. The van der Waals surface area contributed by atoms with Gasteiger partial charge in [0.25, 0.3) is 5.56 Å². The molecule has 0 aliphatic heterocycles. The van der Waals surface area contributed by atoms with Crippen molar-refractivity contribution in [2.45, 2.75) is 4.90 Å². The number of aromatic nitrogens is 1. The summed E-state index contributed by atoms with van der Waals surface area (Å²) in [6, 6.07) is 5.87. The predicted molar refractivity (Wildman–Crippen MR) is 55.9 cm³/mol. The summed E-state index contributed by atoms with van der Waals surface area (Å²) in [5.41, 5.74) is -0.335. The number of hydrogen-bond donors (Lipinski definition) is 2. The molecule has 3 N–H and O–H groups in total. The van der Waals surface area contributed by atoms with E-state index in [-0.39, 0.29) is 10.5 Å². The molecule has 0 spiro atoms. The highest BCUT2D eigenvalue weighted by atomic mass is 32.2. The van der Waals surface area contributed by atoms with Crippen molar-refractivity contribution in [3.8, 4) is 0 Å². The van der Waals surface area contributed by atoms with Crippen LogP contribution in [0.1, 0.15) is 0 Å². The summed E-state index contributed by atoms with van der Waals surface area (Å²) in [5.74, 6) is 0. The minimum Gasteiger partial charge on any atom is -0.329 e. The average molecular weight is 224 g/mol. The van der Waals surface area contributed by atoms with E-state index in [9.17, 15) is 13.2 Å². The lowest BCUT2D eigenvalue weighted by Crippen LogP contribution is -2.13. The quantitative estimate of drug-likeness (QED) is 0.723. The Kier molecular flexibility index (Phi) is 2.09. The van der Waals surface area contributed by atoms with E-state index in [0.29, 0.717) is 10.8 Å². The molecule has 2 rings (SSSR count). The van der Waals surface area contributed by atoms with Crippen LogP contribution in [-0.2, 0) is 10.0 Å². The number of H-pyrrole nitrogens is 1. The normalized spacial score (nSPS) is 11.8. The highest BCUT2D eigenvalue weighted by molar-refractivity contribution is 7.89. The molecule has 2 aromatic rings. The lowest BCUT2D eigenvalue weighted by atomic mass is 10.2. The Hall–Kier alpha value is -1.66. The van der Waals surface area contributed by atoms with E-state index in [0.717, 1.165) is 0 Å². The van der Waals surface area contributed by atoms with E-state index in [2.05, 4.69) is 4.98 Å². The molecule has 0 radical (unpaired) electrons. The van der Waals surface area contributed by atoms with E-state index in [1.807, 2.05) is 0 Å². The fourth-order valence-electron chi connectivity index (χ4n) is 1.34. The molecule has 0 fully saturated rings. The second-order valence-electron chi connectivity index (χ2n) is 3.10. The van der Waals surface area contributed by atoms with E-state index < -0.39 is 10.0 Å². The summed E-state index contributed by atoms with van der Waals surface area (Å²) in [6.45, 7) is 0. The van der Waals surface area contributed by atoms with Gasteiger partial charge in [0.2, 0.25) is 10.0 Å². The third-order valence-corrected chi connectivity index (χ3v) is 2.99. The molecule has 0 saturated carbocycles. The number of aromatic amines is 1. The smallest absolute Gasteiger partial charge is 0.255 e. The van der Waals surface area contributed by atoms with Crippen molar-refractivity contribution in [3.63, 3.8) is 0 Å². The van der Waals surface area contributed by atoms with Gasteiger partial charge in [-0.3, -0.25) is 4.79 Å². The van der Waals surface area contributed by atoms with Gasteiger partial charge in [0.15, 0.2) is 0 Å². The van der Waals surface area contributed by atoms with Crippen LogP contribution < -0.4 is 10.7 Å². The topological polar surface area (TPSA) is 93.0 Å². The van der Waals surface area contributed by atoms with Crippen LogP contribution in [0.2, 0.25) is 0 Å². The van der Waals surface area contributed by atoms with E-state index in [1.165, 1.54) is 18.3 Å². The Labute approximate surface area is 85.6 Å². The summed E-state index contributed by atoms with van der Waals surface area (Å²) in [4.78, 5) is 13.8. The second-order valence-corrected chi connectivity index (χ2v) is 4.66. The van der Waals surface area contributed by atoms with Crippen LogP contribution in [0, 0.1) is 0 Å². The van der Waals surface area contributed by atoms with Crippen molar-refractivity contribution >= 4 is 20.8 Å². The Morgan fingerprint density at radius 2 is 1.93 bits per heavy atom. The lowest BCUT2D eigenvalue weighted by molar-refractivity contribution is 0.598. The van der Waals surface area contributed by atoms with Gasteiger partial charge in [-0.2, -0.15) is 0 Å². The molecule has 1 aromatic carbocycles. The zero-order chi connectivity index (χ0) is 11.1. The summed E-state index contributed by atoms with van der Waals surface area (Å²) < 4.78 is 22.1.